The van der Waals surface area contributed by atoms with Crippen LogP contribution in [0.4, 0.5) is 0 Å². The summed E-state index contributed by atoms with van der Waals surface area (Å²) in [4.78, 5) is 15.6. The summed E-state index contributed by atoms with van der Waals surface area (Å²) in [7, 11) is 0. The fourth-order valence-electron chi connectivity index (χ4n) is 5.32. The van der Waals surface area contributed by atoms with Gasteiger partial charge in [0.15, 0.2) is 0 Å². The average Bonchev–Trinajstić information content (AvgIpc) is 3.57. The van der Waals surface area contributed by atoms with Gasteiger partial charge in [0.1, 0.15) is 11.3 Å². The third kappa shape index (κ3) is 2.42. The Balaban J connectivity index is 0.00000150. The Morgan fingerprint density at radius 2 is 1.88 bits per heavy atom. The van der Waals surface area contributed by atoms with E-state index in [0.717, 1.165) is 22.3 Å². The molecular formula is C21H25ClN2O2. The molecule has 5 heteroatoms. The van der Waals surface area contributed by atoms with Crippen LogP contribution in [0.5, 0.6) is 0 Å². The topological polar surface area (TPSA) is 45.5 Å². The van der Waals surface area contributed by atoms with Crippen molar-refractivity contribution < 1.29 is 9.21 Å². The second-order valence-corrected chi connectivity index (χ2v) is 8.55. The van der Waals surface area contributed by atoms with Crippen LogP contribution in [0.2, 0.25) is 0 Å². The molecule has 26 heavy (non-hydrogen) atoms. The highest BCUT2D eigenvalue weighted by molar-refractivity contribution is 5.98. The van der Waals surface area contributed by atoms with Gasteiger partial charge in [0.2, 0.25) is 0 Å². The zero-order valence-electron chi connectivity index (χ0n) is 14.9. The van der Waals surface area contributed by atoms with Crippen LogP contribution in [0.15, 0.2) is 28.7 Å². The van der Waals surface area contributed by atoms with Gasteiger partial charge in [-0.3, -0.25) is 9.69 Å². The van der Waals surface area contributed by atoms with Gasteiger partial charge in [-0.2, -0.15) is 0 Å². The summed E-state index contributed by atoms with van der Waals surface area (Å²) in [6, 6.07) is 8.34. The van der Waals surface area contributed by atoms with Gasteiger partial charge in [-0.05, 0) is 81.8 Å². The number of hydrogen-bond acceptors (Lipinski definition) is 3. The van der Waals surface area contributed by atoms with E-state index in [4.69, 9.17) is 4.42 Å². The molecule has 4 nitrogen and oxygen atoms in total. The van der Waals surface area contributed by atoms with Crippen LogP contribution in [0.1, 0.15) is 60.6 Å². The molecule has 7 rings (SSSR count). The zero-order valence-corrected chi connectivity index (χ0v) is 15.7. The van der Waals surface area contributed by atoms with Gasteiger partial charge in [-0.25, -0.2) is 0 Å². The van der Waals surface area contributed by atoms with Crippen LogP contribution in [0.25, 0.3) is 11.0 Å². The number of fused-ring (bicyclic) bond motifs is 3. The van der Waals surface area contributed by atoms with Crippen molar-refractivity contribution in [2.45, 2.75) is 56.0 Å². The molecule has 0 unspecified atom stereocenters. The Hall–Kier alpha value is -1.52. The molecule has 0 radical (unpaired) electrons. The molecule has 2 aromatic rings. The van der Waals surface area contributed by atoms with Crippen LogP contribution in [-0.4, -0.2) is 35.5 Å². The maximum atomic E-state index is 12.9. The molecular weight excluding hydrogens is 348 g/mol. The molecule has 1 aromatic carbocycles. The summed E-state index contributed by atoms with van der Waals surface area (Å²) in [5.74, 6) is 2.43. The Morgan fingerprint density at radius 3 is 2.58 bits per heavy atom. The van der Waals surface area contributed by atoms with E-state index >= 15 is 0 Å². The first-order valence-corrected chi connectivity index (χ1v) is 9.82. The Labute approximate surface area is 159 Å². The number of nitrogens with zero attached hydrogens (tertiary/aromatic N) is 1. The summed E-state index contributed by atoms with van der Waals surface area (Å²) in [6.45, 7) is 2.45. The lowest BCUT2D eigenvalue weighted by atomic mass is 9.77. The second kappa shape index (κ2) is 5.74. The Bertz CT molecular complexity index is 860. The number of rotatable bonds is 3. The minimum absolute atomic E-state index is 0. The first-order valence-electron chi connectivity index (χ1n) is 9.82. The number of benzene rings is 1. The number of halogens is 1. The number of carbonyl (C=O) groups is 1. The molecule has 2 saturated carbocycles. The smallest absolute Gasteiger partial charge is 0.251 e. The zero-order chi connectivity index (χ0) is 16.6. The quantitative estimate of drug-likeness (QED) is 0.882. The van der Waals surface area contributed by atoms with Crippen LogP contribution in [0, 0.1) is 5.92 Å². The summed E-state index contributed by atoms with van der Waals surface area (Å²) in [6.07, 6.45) is 7.43. The fourth-order valence-corrected chi connectivity index (χ4v) is 5.32. The molecule has 5 fully saturated rings. The van der Waals surface area contributed by atoms with Crippen molar-refractivity contribution >= 4 is 29.3 Å². The van der Waals surface area contributed by atoms with Crippen molar-refractivity contribution in [2.75, 3.05) is 13.1 Å². The predicted molar refractivity (Wildman–Crippen MR) is 103 cm³/mol. The van der Waals surface area contributed by atoms with Crippen molar-refractivity contribution in [2.24, 2.45) is 5.92 Å². The van der Waals surface area contributed by atoms with E-state index in [9.17, 15) is 4.79 Å². The van der Waals surface area contributed by atoms with Crippen molar-refractivity contribution in [1.82, 2.24) is 10.2 Å². The molecule has 138 valence electrons. The van der Waals surface area contributed by atoms with Crippen molar-refractivity contribution in [3.05, 3.63) is 35.6 Å². The van der Waals surface area contributed by atoms with E-state index in [1.54, 1.807) is 0 Å². The van der Waals surface area contributed by atoms with Gasteiger partial charge in [0, 0.05) is 22.4 Å². The Morgan fingerprint density at radius 1 is 1.12 bits per heavy atom. The monoisotopic (exact) mass is 372 g/mol. The molecule has 1 spiro atoms. The van der Waals surface area contributed by atoms with Crippen LogP contribution in [0.3, 0.4) is 0 Å². The minimum Gasteiger partial charge on any atom is -0.461 e. The number of amides is 1. The second-order valence-electron chi connectivity index (χ2n) is 8.55. The van der Waals surface area contributed by atoms with Gasteiger partial charge < -0.3 is 9.73 Å². The standard InChI is InChI=1S/C21H24N2O2.ClH/c24-20(22-19-14-5-9-23(10-6-14)21(19)7-8-21)15-3-4-17-16(11-15)12-18(25-17)13-1-2-13;/h3-4,11-14,19H,1-2,5-10H2,(H,22,24);1H/t19-;/m1./s1. The number of nitrogens with one attached hydrogen (secondary N) is 1. The molecule has 1 aromatic heterocycles. The van der Waals surface area contributed by atoms with E-state index in [0.29, 0.717) is 17.9 Å². The first kappa shape index (κ1) is 16.6. The first-order chi connectivity index (χ1) is 12.2. The normalized spacial score (nSPS) is 31.0. The Kier molecular flexibility index (Phi) is 3.67. The lowest BCUT2D eigenvalue weighted by molar-refractivity contribution is -0.00144. The number of hydrogen-bond donors (Lipinski definition) is 1. The number of furan rings is 1. The number of carbonyl (C=O) groups excluding carboxylic acids is 1. The van der Waals surface area contributed by atoms with Gasteiger partial charge in [-0.15, -0.1) is 12.4 Å². The van der Waals surface area contributed by atoms with Gasteiger partial charge in [0.25, 0.3) is 5.91 Å². The van der Waals surface area contributed by atoms with E-state index in [-0.39, 0.29) is 23.9 Å². The summed E-state index contributed by atoms with van der Waals surface area (Å²) < 4.78 is 5.92. The molecule has 1 atom stereocenters. The number of piperidine rings is 3. The highest BCUT2D eigenvalue weighted by Gasteiger charge is 2.60. The molecule has 4 heterocycles. The predicted octanol–water partition coefficient (Wildman–Crippen LogP) is 4.09. The van der Waals surface area contributed by atoms with Crippen LogP contribution < -0.4 is 5.32 Å². The highest BCUT2D eigenvalue weighted by atomic mass is 35.5. The molecule has 3 aliphatic heterocycles. The van der Waals surface area contributed by atoms with Gasteiger partial charge >= 0.3 is 0 Å². The highest BCUT2D eigenvalue weighted by Crippen LogP contribution is 2.53. The van der Waals surface area contributed by atoms with Crippen molar-refractivity contribution in [3.8, 4) is 0 Å². The summed E-state index contributed by atoms with van der Waals surface area (Å²) >= 11 is 0. The summed E-state index contributed by atoms with van der Waals surface area (Å²) in [5.41, 5.74) is 1.96. The summed E-state index contributed by atoms with van der Waals surface area (Å²) in [5, 5.41) is 4.47. The SMILES string of the molecule is Cl.O=C(N[C@@H]1C2CCN(CC2)C12CC2)c1ccc2oc(C3CC3)cc2c1. The maximum Gasteiger partial charge on any atom is 0.251 e. The fraction of sp³-hybridized carbons (Fsp3) is 0.571. The lowest BCUT2D eigenvalue weighted by Crippen LogP contribution is -2.65. The van der Waals surface area contributed by atoms with E-state index in [2.05, 4.69) is 16.3 Å². The average molecular weight is 373 g/mol. The van der Waals surface area contributed by atoms with Crippen molar-refractivity contribution in [3.63, 3.8) is 0 Å². The third-order valence-corrected chi connectivity index (χ3v) is 7.05. The molecule has 2 aliphatic carbocycles. The molecule has 2 bridgehead atoms. The maximum absolute atomic E-state index is 12.9. The van der Waals surface area contributed by atoms with Crippen LogP contribution in [-0.2, 0) is 0 Å². The van der Waals surface area contributed by atoms with Gasteiger partial charge in [-0.1, -0.05) is 0 Å². The lowest BCUT2D eigenvalue weighted by Gasteiger charge is -2.52. The van der Waals surface area contributed by atoms with Crippen LogP contribution >= 0.6 is 12.4 Å². The molecule has 5 aliphatic rings. The molecule has 1 amide bonds. The van der Waals surface area contributed by atoms with Crippen molar-refractivity contribution in [1.29, 1.82) is 0 Å². The van der Waals surface area contributed by atoms with E-state index < -0.39 is 0 Å². The molecule has 1 N–H and O–H groups in total. The third-order valence-electron chi connectivity index (χ3n) is 7.05. The van der Waals surface area contributed by atoms with E-state index in [1.165, 1.54) is 51.6 Å². The van der Waals surface area contributed by atoms with E-state index in [1.807, 2.05) is 18.2 Å². The largest absolute Gasteiger partial charge is 0.461 e. The van der Waals surface area contributed by atoms with Gasteiger partial charge in [0.05, 0.1) is 6.04 Å². The minimum atomic E-state index is 0. The molecule has 3 saturated heterocycles.